The highest BCUT2D eigenvalue weighted by atomic mass is 79.9. The number of rotatable bonds is 6. The van der Waals surface area contributed by atoms with Crippen LogP contribution in [0.3, 0.4) is 0 Å². The number of H-pyrrole nitrogens is 1. The van der Waals surface area contributed by atoms with Gasteiger partial charge in [-0.05, 0) is 54.7 Å². The SMILES string of the molecule is CCC[C@]1(CC(=O)NCc2ccc(Br)cc2)OCCc2c1[nH]c1c(C)ccc(C#N)c21. The Morgan fingerprint density at radius 2 is 2.06 bits per heavy atom. The summed E-state index contributed by atoms with van der Waals surface area (Å²) in [7, 11) is 0. The van der Waals surface area contributed by atoms with Gasteiger partial charge in [-0.15, -0.1) is 0 Å². The zero-order valence-corrected chi connectivity index (χ0v) is 19.4. The van der Waals surface area contributed by atoms with Gasteiger partial charge in [-0.25, -0.2) is 0 Å². The molecule has 1 amide bonds. The molecule has 6 heteroatoms. The third-order valence-corrected chi connectivity index (χ3v) is 6.61. The molecule has 2 heterocycles. The van der Waals surface area contributed by atoms with Gasteiger partial charge in [0.1, 0.15) is 5.60 Å². The standard InChI is InChI=1S/C25H26BrN3O2/c1-3-11-25(13-21(30)28-15-17-5-8-19(26)9-6-17)24-20(10-12-31-25)22-18(14-27)7-4-16(2)23(22)29-24/h4-9,29H,3,10-13,15H2,1-2H3,(H,28,30)/t25-/m1/s1. The number of aromatic nitrogens is 1. The Labute approximate surface area is 190 Å². The second kappa shape index (κ2) is 8.86. The van der Waals surface area contributed by atoms with Crippen LogP contribution in [-0.2, 0) is 28.1 Å². The van der Waals surface area contributed by atoms with Crippen molar-refractivity contribution in [3.63, 3.8) is 0 Å². The Hall–Kier alpha value is -2.62. The summed E-state index contributed by atoms with van der Waals surface area (Å²) in [5, 5.41) is 13.7. The Morgan fingerprint density at radius 1 is 1.29 bits per heavy atom. The van der Waals surface area contributed by atoms with Crippen molar-refractivity contribution in [2.75, 3.05) is 6.61 Å². The van der Waals surface area contributed by atoms with Gasteiger partial charge in [-0.1, -0.05) is 47.5 Å². The summed E-state index contributed by atoms with van der Waals surface area (Å²) < 4.78 is 7.35. The normalized spacial score (nSPS) is 17.9. The number of fused-ring (bicyclic) bond motifs is 3. The minimum absolute atomic E-state index is 0.0416. The molecule has 2 aromatic carbocycles. The van der Waals surface area contributed by atoms with Gasteiger partial charge in [-0.2, -0.15) is 5.26 Å². The van der Waals surface area contributed by atoms with E-state index in [2.05, 4.69) is 39.2 Å². The number of aromatic amines is 1. The molecule has 0 unspecified atom stereocenters. The molecule has 3 aromatic rings. The van der Waals surface area contributed by atoms with Gasteiger partial charge in [0.25, 0.3) is 0 Å². The van der Waals surface area contributed by atoms with E-state index in [1.165, 1.54) is 0 Å². The summed E-state index contributed by atoms with van der Waals surface area (Å²) in [6, 6.07) is 14.1. The fourth-order valence-electron chi connectivity index (χ4n) is 4.61. The van der Waals surface area contributed by atoms with E-state index in [1.807, 2.05) is 43.3 Å². The van der Waals surface area contributed by atoms with E-state index in [0.29, 0.717) is 18.7 Å². The predicted octanol–water partition coefficient (Wildman–Crippen LogP) is 5.39. The zero-order chi connectivity index (χ0) is 22.0. The van der Waals surface area contributed by atoms with E-state index in [-0.39, 0.29) is 12.3 Å². The molecule has 1 aliphatic rings. The molecule has 0 aliphatic carbocycles. The van der Waals surface area contributed by atoms with Gasteiger partial charge >= 0.3 is 0 Å². The number of halogens is 1. The van der Waals surface area contributed by atoms with Crippen molar-refractivity contribution < 1.29 is 9.53 Å². The molecule has 0 saturated heterocycles. The lowest BCUT2D eigenvalue weighted by atomic mass is 9.84. The van der Waals surface area contributed by atoms with Gasteiger partial charge in [0.2, 0.25) is 5.91 Å². The largest absolute Gasteiger partial charge is 0.368 e. The molecular formula is C25H26BrN3O2. The highest BCUT2D eigenvalue weighted by Crippen LogP contribution is 2.43. The maximum Gasteiger partial charge on any atom is 0.223 e. The quantitative estimate of drug-likeness (QED) is 0.497. The van der Waals surface area contributed by atoms with Crippen LogP contribution in [0.4, 0.5) is 0 Å². The number of aryl methyl sites for hydroxylation is 1. The predicted molar refractivity (Wildman–Crippen MR) is 125 cm³/mol. The Kier molecular flexibility index (Phi) is 6.17. The second-order valence-corrected chi connectivity index (χ2v) is 9.11. The maximum absolute atomic E-state index is 13.0. The van der Waals surface area contributed by atoms with Crippen molar-refractivity contribution in [1.82, 2.24) is 10.3 Å². The van der Waals surface area contributed by atoms with Crippen LogP contribution < -0.4 is 5.32 Å². The molecule has 1 aromatic heterocycles. The summed E-state index contributed by atoms with van der Waals surface area (Å²) in [4.78, 5) is 16.5. The van der Waals surface area contributed by atoms with Crippen molar-refractivity contribution >= 4 is 32.7 Å². The van der Waals surface area contributed by atoms with Gasteiger partial charge < -0.3 is 15.0 Å². The van der Waals surface area contributed by atoms with E-state index in [4.69, 9.17) is 4.74 Å². The molecule has 2 N–H and O–H groups in total. The Balaban J connectivity index is 1.66. The number of carbonyl (C=O) groups is 1. The lowest BCUT2D eigenvalue weighted by Crippen LogP contribution is -2.40. The van der Waals surface area contributed by atoms with Gasteiger partial charge in [-0.3, -0.25) is 4.79 Å². The minimum Gasteiger partial charge on any atom is -0.368 e. The molecule has 1 aliphatic heterocycles. The Bertz CT molecular complexity index is 1160. The third kappa shape index (κ3) is 4.13. The molecule has 4 rings (SSSR count). The first kappa shape index (κ1) is 21.6. The molecule has 0 saturated carbocycles. The van der Waals surface area contributed by atoms with E-state index < -0.39 is 5.60 Å². The number of nitrogens with one attached hydrogen (secondary N) is 2. The number of hydrogen-bond donors (Lipinski definition) is 2. The van der Waals surface area contributed by atoms with Crippen molar-refractivity contribution in [2.24, 2.45) is 0 Å². The average molecular weight is 480 g/mol. The van der Waals surface area contributed by atoms with Crippen LogP contribution >= 0.6 is 15.9 Å². The van der Waals surface area contributed by atoms with Crippen LogP contribution in [0.2, 0.25) is 0 Å². The summed E-state index contributed by atoms with van der Waals surface area (Å²) in [5.41, 5.74) is 5.16. The smallest absolute Gasteiger partial charge is 0.223 e. The average Bonchev–Trinajstić information content (AvgIpc) is 3.16. The van der Waals surface area contributed by atoms with E-state index in [9.17, 15) is 10.1 Å². The number of benzene rings is 2. The molecule has 1 atom stereocenters. The molecule has 0 spiro atoms. The first-order valence-corrected chi connectivity index (χ1v) is 11.5. The van der Waals surface area contributed by atoms with Crippen molar-refractivity contribution in [3.05, 3.63) is 68.8 Å². The molecule has 0 bridgehead atoms. The number of hydrogen-bond acceptors (Lipinski definition) is 3. The molecule has 0 fully saturated rings. The number of carbonyl (C=O) groups excluding carboxylic acids is 1. The summed E-state index contributed by atoms with van der Waals surface area (Å²) >= 11 is 3.43. The molecule has 5 nitrogen and oxygen atoms in total. The van der Waals surface area contributed by atoms with Crippen molar-refractivity contribution in [2.45, 2.75) is 51.7 Å². The van der Waals surface area contributed by atoms with Crippen LogP contribution in [0.5, 0.6) is 0 Å². The third-order valence-electron chi connectivity index (χ3n) is 6.08. The van der Waals surface area contributed by atoms with Crippen molar-refractivity contribution in [1.29, 1.82) is 5.26 Å². The van der Waals surface area contributed by atoms with Gasteiger partial charge in [0.15, 0.2) is 0 Å². The van der Waals surface area contributed by atoms with Crippen LogP contribution in [0.15, 0.2) is 40.9 Å². The highest BCUT2D eigenvalue weighted by molar-refractivity contribution is 9.10. The number of nitrogens with zero attached hydrogens (tertiary/aromatic N) is 1. The lowest BCUT2D eigenvalue weighted by Gasteiger charge is -2.37. The number of ether oxygens (including phenoxy) is 1. The highest BCUT2D eigenvalue weighted by Gasteiger charge is 2.41. The summed E-state index contributed by atoms with van der Waals surface area (Å²) in [6.45, 7) is 5.16. The number of amides is 1. The van der Waals surface area contributed by atoms with E-state index in [0.717, 1.165) is 57.0 Å². The van der Waals surface area contributed by atoms with Gasteiger partial charge in [0.05, 0.1) is 35.9 Å². The molecular weight excluding hydrogens is 454 g/mol. The van der Waals surface area contributed by atoms with E-state index in [1.54, 1.807) is 0 Å². The van der Waals surface area contributed by atoms with Crippen molar-refractivity contribution in [3.8, 4) is 6.07 Å². The minimum atomic E-state index is -0.704. The van der Waals surface area contributed by atoms with E-state index >= 15 is 0 Å². The monoisotopic (exact) mass is 479 g/mol. The first-order valence-electron chi connectivity index (χ1n) is 10.7. The topological polar surface area (TPSA) is 77.9 Å². The summed E-state index contributed by atoms with van der Waals surface area (Å²) in [5.74, 6) is -0.0416. The number of nitriles is 1. The molecule has 31 heavy (non-hydrogen) atoms. The Morgan fingerprint density at radius 3 is 2.77 bits per heavy atom. The zero-order valence-electron chi connectivity index (χ0n) is 17.8. The molecule has 160 valence electrons. The van der Waals surface area contributed by atoms with Crippen LogP contribution in [0.1, 0.15) is 54.1 Å². The summed E-state index contributed by atoms with van der Waals surface area (Å²) in [6.07, 6.45) is 2.61. The second-order valence-electron chi connectivity index (χ2n) is 8.19. The lowest BCUT2D eigenvalue weighted by molar-refractivity contribution is -0.133. The van der Waals surface area contributed by atoms with Crippen LogP contribution in [-0.4, -0.2) is 17.5 Å². The van der Waals surface area contributed by atoms with Crippen LogP contribution in [0.25, 0.3) is 10.9 Å². The van der Waals surface area contributed by atoms with Crippen LogP contribution in [0, 0.1) is 18.3 Å². The molecule has 0 radical (unpaired) electrons. The first-order chi connectivity index (χ1) is 15.0. The fraction of sp³-hybridized carbons (Fsp3) is 0.360. The maximum atomic E-state index is 13.0. The fourth-order valence-corrected chi connectivity index (χ4v) is 4.88. The van der Waals surface area contributed by atoms with Gasteiger partial charge in [0, 0.05) is 16.4 Å².